The molecule has 3 heteroatoms. The Balaban J connectivity index is 1.68. The van der Waals surface area contributed by atoms with Crippen LogP contribution in [0.2, 0.25) is 0 Å². The first-order valence-corrected chi connectivity index (χ1v) is 8.84. The first-order valence-electron chi connectivity index (χ1n) is 8.84. The highest BCUT2D eigenvalue weighted by atomic mass is 16.5. The van der Waals surface area contributed by atoms with Crippen molar-refractivity contribution in [2.45, 2.75) is 39.0 Å². The Hall–Kier alpha value is -2.29. The highest BCUT2D eigenvalue weighted by Crippen LogP contribution is 2.21. The Morgan fingerprint density at radius 1 is 0.875 bits per heavy atom. The number of rotatable bonds is 10. The van der Waals surface area contributed by atoms with Crippen molar-refractivity contribution < 1.29 is 9.53 Å². The van der Waals surface area contributed by atoms with Gasteiger partial charge in [0.25, 0.3) is 5.91 Å². The number of unbranched alkanes of at least 4 members (excludes halogenated alkanes) is 4. The molecule has 0 bridgehead atoms. The molecule has 0 unspecified atom stereocenters. The van der Waals surface area contributed by atoms with Crippen LogP contribution in [0.1, 0.15) is 39.0 Å². The van der Waals surface area contributed by atoms with E-state index < -0.39 is 0 Å². The lowest BCUT2D eigenvalue weighted by molar-refractivity contribution is -0.123. The maximum absolute atomic E-state index is 11.8. The van der Waals surface area contributed by atoms with E-state index in [1.54, 1.807) is 0 Å². The van der Waals surface area contributed by atoms with Gasteiger partial charge in [0.2, 0.25) is 0 Å². The summed E-state index contributed by atoms with van der Waals surface area (Å²) in [5.41, 5.74) is 2.31. The van der Waals surface area contributed by atoms with Gasteiger partial charge in [-0.1, -0.05) is 75.1 Å². The highest BCUT2D eigenvalue weighted by Gasteiger charge is 2.03. The molecule has 128 valence electrons. The van der Waals surface area contributed by atoms with E-state index >= 15 is 0 Å². The van der Waals surface area contributed by atoms with Gasteiger partial charge in [-0.2, -0.15) is 0 Å². The molecule has 0 aliphatic heterocycles. The molecule has 0 fully saturated rings. The van der Waals surface area contributed by atoms with Crippen molar-refractivity contribution in [1.82, 2.24) is 5.32 Å². The van der Waals surface area contributed by atoms with Crippen LogP contribution in [-0.2, 0) is 4.79 Å². The van der Waals surface area contributed by atoms with E-state index in [-0.39, 0.29) is 12.5 Å². The summed E-state index contributed by atoms with van der Waals surface area (Å²) in [7, 11) is 0. The van der Waals surface area contributed by atoms with Crippen LogP contribution < -0.4 is 10.1 Å². The van der Waals surface area contributed by atoms with Gasteiger partial charge in [-0.05, 0) is 29.7 Å². The van der Waals surface area contributed by atoms with Gasteiger partial charge in [0, 0.05) is 6.54 Å². The van der Waals surface area contributed by atoms with Gasteiger partial charge in [0.15, 0.2) is 6.61 Å². The zero-order valence-electron chi connectivity index (χ0n) is 14.5. The fourth-order valence-electron chi connectivity index (χ4n) is 2.53. The molecule has 0 aromatic heterocycles. The largest absolute Gasteiger partial charge is 0.484 e. The molecule has 2 aromatic rings. The lowest BCUT2D eigenvalue weighted by atomic mass is 10.1. The topological polar surface area (TPSA) is 38.3 Å². The molecular formula is C21H27NO2. The molecule has 0 saturated carbocycles. The Labute approximate surface area is 145 Å². The number of hydrogen-bond acceptors (Lipinski definition) is 2. The fraction of sp³-hybridized carbons (Fsp3) is 0.381. The van der Waals surface area contributed by atoms with Gasteiger partial charge < -0.3 is 10.1 Å². The van der Waals surface area contributed by atoms with E-state index in [4.69, 9.17) is 4.74 Å². The quantitative estimate of drug-likeness (QED) is 0.636. The van der Waals surface area contributed by atoms with Crippen LogP contribution in [-0.4, -0.2) is 19.1 Å². The van der Waals surface area contributed by atoms with Gasteiger partial charge in [0.1, 0.15) is 5.75 Å². The van der Waals surface area contributed by atoms with Gasteiger partial charge in [-0.3, -0.25) is 4.79 Å². The summed E-state index contributed by atoms with van der Waals surface area (Å²) in [6.45, 7) is 3.00. The van der Waals surface area contributed by atoms with E-state index in [0.29, 0.717) is 5.75 Å². The third kappa shape index (κ3) is 6.45. The van der Waals surface area contributed by atoms with Crippen molar-refractivity contribution in [1.29, 1.82) is 0 Å². The van der Waals surface area contributed by atoms with Crippen LogP contribution in [0.3, 0.4) is 0 Å². The Kier molecular flexibility index (Phi) is 7.88. The monoisotopic (exact) mass is 325 g/mol. The molecule has 0 radical (unpaired) electrons. The summed E-state index contributed by atoms with van der Waals surface area (Å²) >= 11 is 0. The molecule has 2 rings (SSSR count). The van der Waals surface area contributed by atoms with E-state index in [2.05, 4.69) is 24.4 Å². The lowest BCUT2D eigenvalue weighted by Crippen LogP contribution is -2.29. The summed E-state index contributed by atoms with van der Waals surface area (Å²) in [6.07, 6.45) is 5.98. The number of nitrogens with one attached hydrogen (secondary N) is 1. The fourth-order valence-corrected chi connectivity index (χ4v) is 2.53. The molecule has 0 heterocycles. The maximum Gasteiger partial charge on any atom is 0.257 e. The Morgan fingerprint density at radius 3 is 2.25 bits per heavy atom. The van der Waals surface area contributed by atoms with Crippen molar-refractivity contribution in [3.63, 3.8) is 0 Å². The molecule has 0 spiro atoms. The average Bonchev–Trinajstić information content (AvgIpc) is 2.64. The molecule has 0 atom stereocenters. The smallest absolute Gasteiger partial charge is 0.257 e. The van der Waals surface area contributed by atoms with Crippen LogP contribution >= 0.6 is 0 Å². The van der Waals surface area contributed by atoms with Gasteiger partial charge >= 0.3 is 0 Å². The zero-order chi connectivity index (χ0) is 17.0. The van der Waals surface area contributed by atoms with Crippen LogP contribution in [0.15, 0.2) is 54.6 Å². The van der Waals surface area contributed by atoms with E-state index in [1.165, 1.54) is 31.2 Å². The van der Waals surface area contributed by atoms with Crippen molar-refractivity contribution >= 4 is 5.91 Å². The molecular weight excluding hydrogens is 298 g/mol. The SMILES string of the molecule is CCCCCCCNC(=O)COc1ccc(-c2ccccc2)cc1. The number of carbonyl (C=O) groups is 1. The van der Waals surface area contributed by atoms with E-state index in [9.17, 15) is 4.79 Å². The van der Waals surface area contributed by atoms with Crippen LogP contribution in [0, 0.1) is 0 Å². The third-order valence-electron chi connectivity index (χ3n) is 3.93. The molecule has 0 aliphatic rings. The van der Waals surface area contributed by atoms with E-state index in [1.807, 2.05) is 42.5 Å². The van der Waals surface area contributed by atoms with E-state index in [0.717, 1.165) is 18.5 Å². The van der Waals surface area contributed by atoms with Gasteiger partial charge in [-0.15, -0.1) is 0 Å². The minimum Gasteiger partial charge on any atom is -0.484 e. The molecule has 1 N–H and O–H groups in total. The first kappa shape index (κ1) is 18.1. The number of amides is 1. The Bertz CT molecular complexity index is 593. The van der Waals surface area contributed by atoms with Crippen molar-refractivity contribution in [3.05, 3.63) is 54.6 Å². The second-order valence-electron chi connectivity index (χ2n) is 5.94. The number of benzene rings is 2. The average molecular weight is 325 g/mol. The normalized spacial score (nSPS) is 10.4. The molecule has 2 aromatic carbocycles. The summed E-state index contributed by atoms with van der Waals surface area (Å²) in [6, 6.07) is 18.0. The molecule has 24 heavy (non-hydrogen) atoms. The van der Waals surface area contributed by atoms with Crippen molar-refractivity contribution in [2.24, 2.45) is 0 Å². The number of carbonyl (C=O) groups excluding carboxylic acids is 1. The van der Waals surface area contributed by atoms with Crippen molar-refractivity contribution in [2.75, 3.05) is 13.2 Å². The molecule has 0 saturated heterocycles. The van der Waals surface area contributed by atoms with Crippen LogP contribution in [0.5, 0.6) is 5.75 Å². The third-order valence-corrected chi connectivity index (χ3v) is 3.93. The highest BCUT2D eigenvalue weighted by molar-refractivity contribution is 5.77. The first-order chi connectivity index (χ1) is 11.8. The number of hydrogen-bond donors (Lipinski definition) is 1. The van der Waals surface area contributed by atoms with Gasteiger partial charge in [-0.25, -0.2) is 0 Å². The summed E-state index contributed by atoms with van der Waals surface area (Å²) in [4.78, 5) is 11.8. The minimum absolute atomic E-state index is 0.0578. The molecule has 0 aliphatic carbocycles. The standard InChI is InChI=1S/C21H27NO2/c1-2-3-4-5-9-16-22-21(23)17-24-20-14-12-19(13-15-20)18-10-7-6-8-11-18/h6-8,10-15H,2-5,9,16-17H2,1H3,(H,22,23). The summed E-state index contributed by atoms with van der Waals surface area (Å²) < 4.78 is 5.54. The summed E-state index contributed by atoms with van der Waals surface area (Å²) in [5.74, 6) is 0.658. The predicted molar refractivity (Wildman–Crippen MR) is 99.1 cm³/mol. The Morgan fingerprint density at radius 2 is 1.54 bits per heavy atom. The van der Waals surface area contributed by atoms with Crippen LogP contribution in [0.25, 0.3) is 11.1 Å². The van der Waals surface area contributed by atoms with Gasteiger partial charge in [0.05, 0.1) is 0 Å². The lowest BCUT2D eigenvalue weighted by Gasteiger charge is -2.08. The zero-order valence-corrected chi connectivity index (χ0v) is 14.5. The van der Waals surface area contributed by atoms with Crippen LogP contribution in [0.4, 0.5) is 0 Å². The molecule has 1 amide bonds. The maximum atomic E-state index is 11.8. The summed E-state index contributed by atoms with van der Waals surface area (Å²) in [5, 5.41) is 2.90. The predicted octanol–water partition coefficient (Wildman–Crippen LogP) is 4.82. The molecule has 3 nitrogen and oxygen atoms in total. The number of ether oxygens (including phenoxy) is 1. The second kappa shape index (κ2) is 10.5. The van der Waals surface area contributed by atoms with Crippen molar-refractivity contribution in [3.8, 4) is 16.9 Å². The second-order valence-corrected chi connectivity index (χ2v) is 5.94. The minimum atomic E-state index is -0.0578.